The van der Waals surface area contributed by atoms with E-state index in [9.17, 15) is 39.3 Å². The second-order valence-corrected chi connectivity index (χ2v) is 9.29. The van der Waals surface area contributed by atoms with Crippen molar-refractivity contribution in [2.45, 2.75) is 62.9 Å². The number of aliphatic hydroxyl groups excluding tert-OH is 1. The number of benzene rings is 2. The highest BCUT2D eigenvalue weighted by molar-refractivity contribution is 5.94. The first-order chi connectivity index (χ1) is 18.9. The fraction of sp³-hybridized carbons (Fsp3) is 0.370. The van der Waals surface area contributed by atoms with Crippen LogP contribution in [0.3, 0.4) is 0 Å². The fourth-order valence-electron chi connectivity index (χ4n) is 3.76. The topological polar surface area (TPSA) is 228 Å². The molecular weight excluding hydrogens is 524 g/mol. The molecular formula is C27H34N4O9. The second-order valence-electron chi connectivity index (χ2n) is 9.29. The Morgan fingerprint density at radius 1 is 0.775 bits per heavy atom. The zero-order valence-corrected chi connectivity index (χ0v) is 21.8. The molecule has 2 aromatic rings. The van der Waals surface area contributed by atoms with Gasteiger partial charge in [-0.15, -0.1) is 0 Å². The molecule has 0 aliphatic heterocycles. The molecule has 0 radical (unpaired) electrons. The van der Waals surface area contributed by atoms with Crippen molar-refractivity contribution in [2.24, 2.45) is 5.73 Å². The van der Waals surface area contributed by atoms with Gasteiger partial charge in [-0.2, -0.15) is 0 Å². The Hall–Kier alpha value is -4.49. The van der Waals surface area contributed by atoms with E-state index in [0.717, 1.165) is 0 Å². The monoisotopic (exact) mass is 558 g/mol. The summed E-state index contributed by atoms with van der Waals surface area (Å²) in [6, 6.07) is 8.93. The highest BCUT2D eigenvalue weighted by atomic mass is 16.4. The van der Waals surface area contributed by atoms with Gasteiger partial charge in [-0.25, -0.2) is 4.79 Å². The number of rotatable bonds is 15. The smallest absolute Gasteiger partial charge is 0.326 e. The number of carboxylic acids is 2. The lowest BCUT2D eigenvalue weighted by Crippen LogP contribution is -2.60. The number of hydrogen-bond donors (Lipinski definition) is 8. The van der Waals surface area contributed by atoms with Crippen LogP contribution < -0.4 is 21.7 Å². The Balaban J connectivity index is 2.12. The molecule has 3 amide bonds. The van der Waals surface area contributed by atoms with Gasteiger partial charge in [-0.05, 0) is 43.0 Å². The molecule has 216 valence electrons. The molecule has 0 bridgehead atoms. The van der Waals surface area contributed by atoms with Crippen molar-refractivity contribution >= 4 is 29.7 Å². The summed E-state index contributed by atoms with van der Waals surface area (Å²) in [7, 11) is 0. The van der Waals surface area contributed by atoms with E-state index in [4.69, 9.17) is 10.8 Å². The molecule has 0 heterocycles. The van der Waals surface area contributed by atoms with Crippen LogP contribution in [0.25, 0.3) is 0 Å². The maximum atomic E-state index is 13.0. The van der Waals surface area contributed by atoms with Gasteiger partial charge >= 0.3 is 11.9 Å². The predicted octanol–water partition coefficient (Wildman–Crippen LogP) is -0.711. The minimum Gasteiger partial charge on any atom is -0.508 e. The average molecular weight is 559 g/mol. The van der Waals surface area contributed by atoms with Crippen LogP contribution in [0.5, 0.6) is 5.75 Å². The molecule has 2 aromatic carbocycles. The van der Waals surface area contributed by atoms with Crippen LogP contribution in [-0.4, -0.2) is 80.4 Å². The molecule has 9 N–H and O–H groups in total. The molecule has 0 aliphatic rings. The maximum absolute atomic E-state index is 13.0. The van der Waals surface area contributed by atoms with Gasteiger partial charge in [-0.3, -0.25) is 19.2 Å². The summed E-state index contributed by atoms with van der Waals surface area (Å²) in [6.45, 7) is 1.22. The van der Waals surface area contributed by atoms with Crippen LogP contribution in [0.15, 0.2) is 54.6 Å². The Morgan fingerprint density at radius 2 is 1.35 bits per heavy atom. The Morgan fingerprint density at radius 3 is 1.90 bits per heavy atom. The van der Waals surface area contributed by atoms with E-state index in [0.29, 0.717) is 11.1 Å². The summed E-state index contributed by atoms with van der Waals surface area (Å²) in [5.74, 6) is -5.29. The molecule has 5 atom stereocenters. The molecule has 40 heavy (non-hydrogen) atoms. The van der Waals surface area contributed by atoms with Gasteiger partial charge in [0.1, 0.15) is 23.9 Å². The molecule has 0 spiro atoms. The molecule has 0 aliphatic carbocycles. The highest BCUT2D eigenvalue weighted by Gasteiger charge is 2.32. The normalized spacial score (nSPS) is 14.6. The van der Waals surface area contributed by atoms with Gasteiger partial charge in [0.2, 0.25) is 17.7 Å². The summed E-state index contributed by atoms with van der Waals surface area (Å²) in [5, 5.41) is 45.2. The van der Waals surface area contributed by atoms with Gasteiger partial charge < -0.3 is 42.1 Å². The van der Waals surface area contributed by atoms with E-state index in [1.54, 1.807) is 42.5 Å². The lowest BCUT2D eigenvalue weighted by molar-refractivity contribution is -0.143. The SMILES string of the molecule is CC(O)C(NC(=O)C(N)Cc1ccc(O)cc1)C(=O)NC(CCC(=O)O)C(=O)NC(Cc1ccccc1)C(=O)O. The predicted molar refractivity (Wildman–Crippen MR) is 142 cm³/mol. The number of aliphatic hydroxyl groups is 1. The Bertz CT molecular complexity index is 1170. The third-order valence-electron chi connectivity index (χ3n) is 5.97. The van der Waals surface area contributed by atoms with Crippen molar-refractivity contribution in [3.05, 3.63) is 65.7 Å². The van der Waals surface area contributed by atoms with E-state index in [2.05, 4.69) is 16.0 Å². The third-order valence-corrected chi connectivity index (χ3v) is 5.97. The van der Waals surface area contributed by atoms with Crippen molar-refractivity contribution in [2.75, 3.05) is 0 Å². The van der Waals surface area contributed by atoms with E-state index in [-0.39, 0.29) is 25.0 Å². The first-order valence-corrected chi connectivity index (χ1v) is 12.5. The zero-order valence-electron chi connectivity index (χ0n) is 21.8. The van der Waals surface area contributed by atoms with E-state index in [1.165, 1.54) is 19.1 Å². The summed E-state index contributed by atoms with van der Waals surface area (Å²) < 4.78 is 0. The number of nitrogens with one attached hydrogen (secondary N) is 3. The number of phenols is 1. The number of carboxylic acid groups (broad SMARTS) is 2. The zero-order chi connectivity index (χ0) is 29.8. The van der Waals surface area contributed by atoms with E-state index < -0.39 is 66.4 Å². The number of amides is 3. The minimum absolute atomic E-state index is 0.0313. The molecule has 0 aromatic heterocycles. The van der Waals surface area contributed by atoms with Crippen LogP contribution in [-0.2, 0) is 36.8 Å². The average Bonchev–Trinajstić information content (AvgIpc) is 2.90. The van der Waals surface area contributed by atoms with Crippen molar-refractivity contribution < 1.29 is 44.4 Å². The molecule has 13 heteroatoms. The second kappa shape index (κ2) is 15.2. The van der Waals surface area contributed by atoms with Crippen molar-refractivity contribution in [1.29, 1.82) is 0 Å². The lowest BCUT2D eigenvalue weighted by Gasteiger charge is -2.26. The van der Waals surface area contributed by atoms with Crippen LogP contribution in [0.2, 0.25) is 0 Å². The van der Waals surface area contributed by atoms with Crippen LogP contribution in [0.1, 0.15) is 30.9 Å². The Kier molecular flexibility index (Phi) is 12.0. The van der Waals surface area contributed by atoms with E-state index in [1.807, 2.05) is 0 Å². The first-order valence-electron chi connectivity index (χ1n) is 12.5. The lowest BCUT2D eigenvalue weighted by atomic mass is 10.0. The minimum atomic E-state index is -1.56. The van der Waals surface area contributed by atoms with Gasteiger partial charge in [0.25, 0.3) is 0 Å². The first kappa shape index (κ1) is 31.7. The van der Waals surface area contributed by atoms with Crippen LogP contribution >= 0.6 is 0 Å². The van der Waals surface area contributed by atoms with Gasteiger partial charge in [0.15, 0.2) is 0 Å². The fourth-order valence-corrected chi connectivity index (χ4v) is 3.76. The van der Waals surface area contributed by atoms with Crippen molar-refractivity contribution in [3.63, 3.8) is 0 Å². The summed E-state index contributed by atoms with van der Waals surface area (Å²) >= 11 is 0. The molecule has 5 unspecified atom stereocenters. The molecule has 0 saturated carbocycles. The van der Waals surface area contributed by atoms with Gasteiger partial charge in [-0.1, -0.05) is 42.5 Å². The number of nitrogens with two attached hydrogens (primary N) is 1. The summed E-state index contributed by atoms with van der Waals surface area (Å²) in [4.78, 5) is 61.6. The standard InChI is InChI=1S/C27H34N4O9/c1-15(32)23(31-24(36)19(28)13-17-7-9-18(33)10-8-17)26(38)29-20(11-12-22(34)35)25(37)30-21(27(39)40)14-16-5-3-2-4-6-16/h2-10,15,19-21,23,32-33H,11-14,28H2,1H3,(H,29,38)(H,30,37)(H,31,36)(H,34,35)(H,39,40). The molecule has 2 rings (SSSR count). The van der Waals surface area contributed by atoms with Crippen molar-refractivity contribution in [3.8, 4) is 5.75 Å². The number of aromatic hydroxyl groups is 1. The molecule has 0 saturated heterocycles. The number of carbonyl (C=O) groups is 5. The van der Waals surface area contributed by atoms with Crippen LogP contribution in [0.4, 0.5) is 0 Å². The number of aliphatic carboxylic acids is 2. The van der Waals surface area contributed by atoms with Crippen LogP contribution in [0, 0.1) is 0 Å². The van der Waals surface area contributed by atoms with Gasteiger partial charge in [0.05, 0.1) is 12.1 Å². The number of carbonyl (C=O) groups excluding carboxylic acids is 3. The largest absolute Gasteiger partial charge is 0.508 e. The molecule has 0 fully saturated rings. The number of phenolic OH excluding ortho intramolecular Hbond substituents is 1. The van der Waals surface area contributed by atoms with Gasteiger partial charge in [0, 0.05) is 12.8 Å². The Labute approximate surface area is 230 Å². The summed E-state index contributed by atoms with van der Waals surface area (Å²) in [6.07, 6.45) is -2.35. The number of hydrogen-bond acceptors (Lipinski definition) is 8. The quantitative estimate of drug-likeness (QED) is 0.137. The van der Waals surface area contributed by atoms with Crippen molar-refractivity contribution in [1.82, 2.24) is 16.0 Å². The maximum Gasteiger partial charge on any atom is 0.326 e. The van der Waals surface area contributed by atoms with E-state index >= 15 is 0 Å². The highest BCUT2D eigenvalue weighted by Crippen LogP contribution is 2.11. The molecule has 13 nitrogen and oxygen atoms in total. The summed E-state index contributed by atoms with van der Waals surface area (Å²) in [5.41, 5.74) is 7.20. The third kappa shape index (κ3) is 10.3.